The average Bonchev–Trinajstić information content (AvgIpc) is 2.61. The molecule has 0 saturated heterocycles. The number of alkyl halides is 3. The molecule has 0 radical (unpaired) electrons. The molecule has 2 N–H and O–H groups in total. The van der Waals surface area contributed by atoms with Gasteiger partial charge in [0.25, 0.3) is 0 Å². The van der Waals surface area contributed by atoms with E-state index in [1.807, 2.05) is 0 Å². The lowest BCUT2D eigenvalue weighted by Crippen LogP contribution is -2.46. The lowest BCUT2D eigenvalue weighted by Gasteiger charge is -2.21. The molecule has 2 aromatic carbocycles. The molecule has 0 aromatic heterocycles. The van der Waals surface area contributed by atoms with Crippen LogP contribution >= 0.6 is 11.6 Å². The van der Waals surface area contributed by atoms with Crippen molar-refractivity contribution in [2.24, 2.45) is 0 Å². The molecule has 2 aromatic rings. The maximum atomic E-state index is 12.9. The summed E-state index contributed by atoms with van der Waals surface area (Å²) in [5.74, 6) is -0.579. The van der Waals surface area contributed by atoms with Crippen LogP contribution in [0.25, 0.3) is 0 Å². The fraction of sp³-hybridized carbons (Fsp3) is 0.176. The molecular weight excluding hydrogens is 373 g/mol. The van der Waals surface area contributed by atoms with Crippen molar-refractivity contribution in [3.05, 3.63) is 64.7 Å². The summed E-state index contributed by atoms with van der Waals surface area (Å²) in [6.45, 7) is 0. The van der Waals surface area contributed by atoms with Crippen LogP contribution in [-0.2, 0) is 10.9 Å². The van der Waals surface area contributed by atoms with Crippen LogP contribution in [-0.4, -0.2) is 25.2 Å². The fourth-order valence-electron chi connectivity index (χ4n) is 2.08. The maximum Gasteiger partial charge on any atom is 0.416 e. The topological polar surface area (TPSA) is 67.4 Å². The van der Waals surface area contributed by atoms with Gasteiger partial charge in [-0.3, -0.25) is 10.1 Å². The van der Waals surface area contributed by atoms with Crippen LogP contribution in [0, 0.1) is 0 Å². The van der Waals surface area contributed by atoms with E-state index in [0.29, 0.717) is 0 Å². The Labute approximate surface area is 152 Å². The molecule has 0 spiro atoms. The Hall–Kier alpha value is -2.74. The molecule has 1 amide bonds. The number of carbonyl (C=O) groups is 2. The summed E-state index contributed by atoms with van der Waals surface area (Å²) < 4.78 is 43.2. The van der Waals surface area contributed by atoms with Gasteiger partial charge in [-0.15, -0.1) is 0 Å². The van der Waals surface area contributed by atoms with E-state index in [2.05, 4.69) is 15.4 Å². The summed E-state index contributed by atoms with van der Waals surface area (Å²) in [6, 6.07) is 10.5. The SMILES string of the molecule is COC(=O)N[C@H](Nc1cc(C(F)(F)F)ccc1Cl)C(=O)c1ccccc1. The molecule has 5 nitrogen and oxygen atoms in total. The van der Waals surface area contributed by atoms with Crippen molar-refractivity contribution in [2.45, 2.75) is 12.3 Å². The number of carbonyl (C=O) groups excluding carboxylic acids is 2. The Morgan fingerprint density at radius 1 is 1.12 bits per heavy atom. The number of alkyl carbamates (subject to hydrolysis) is 1. The van der Waals surface area contributed by atoms with Gasteiger partial charge in [-0.25, -0.2) is 4.79 Å². The van der Waals surface area contributed by atoms with Crippen molar-refractivity contribution in [1.82, 2.24) is 5.32 Å². The highest BCUT2D eigenvalue weighted by molar-refractivity contribution is 6.33. The molecule has 0 fully saturated rings. The van der Waals surface area contributed by atoms with E-state index in [1.54, 1.807) is 18.2 Å². The van der Waals surface area contributed by atoms with Crippen LogP contribution in [0.2, 0.25) is 5.02 Å². The quantitative estimate of drug-likeness (QED) is 0.592. The molecular formula is C17H14ClF3N2O3. The van der Waals surface area contributed by atoms with E-state index in [0.717, 1.165) is 25.3 Å². The Morgan fingerprint density at radius 2 is 1.77 bits per heavy atom. The van der Waals surface area contributed by atoms with Crippen molar-refractivity contribution in [2.75, 3.05) is 12.4 Å². The van der Waals surface area contributed by atoms with Gasteiger partial charge in [-0.1, -0.05) is 41.9 Å². The number of ketones is 1. The normalized spacial score (nSPS) is 12.2. The molecule has 0 aliphatic rings. The predicted molar refractivity (Wildman–Crippen MR) is 90.2 cm³/mol. The number of benzene rings is 2. The van der Waals surface area contributed by atoms with Crippen LogP contribution in [0.3, 0.4) is 0 Å². The standard InChI is InChI=1S/C17H14ClF3N2O3/c1-26-16(25)23-15(14(24)10-5-3-2-4-6-10)22-13-9-11(17(19,20)21)7-8-12(13)18/h2-9,15,22H,1H3,(H,23,25)/t15-/m0/s1. The van der Waals surface area contributed by atoms with Crippen LogP contribution in [0.4, 0.5) is 23.7 Å². The number of nitrogens with one attached hydrogen (secondary N) is 2. The van der Waals surface area contributed by atoms with E-state index in [4.69, 9.17) is 11.6 Å². The number of ether oxygens (including phenoxy) is 1. The lowest BCUT2D eigenvalue weighted by atomic mass is 10.1. The third-order valence-electron chi connectivity index (χ3n) is 3.36. The summed E-state index contributed by atoms with van der Waals surface area (Å²) in [7, 11) is 1.09. The summed E-state index contributed by atoms with van der Waals surface area (Å²) >= 11 is 5.93. The monoisotopic (exact) mass is 386 g/mol. The minimum atomic E-state index is -4.59. The molecule has 0 aliphatic carbocycles. The highest BCUT2D eigenvalue weighted by atomic mass is 35.5. The first-order valence-corrected chi connectivity index (χ1v) is 7.67. The zero-order valence-corrected chi connectivity index (χ0v) is 14.2. The van der Waals surface area contributed by atoms with E-state index < -0.39 is 29.8 Å². The summed E-state index contributed by atoms with van der Waals surface area (Å²) in [5.41, 5.74) is -0.870. The summed E-state index contributed by atoms with van der Waals surface area (Å²) in [4.78, 5) is 24.1. The van der Waals surface area contributed by atoms with E-state index in [1.165, 1.54) is 12.1 Å². The highest BCUT2D eigenvalue weighted by Gasteiger charge is 2.31. The molecule has 0 unspecified atom stereocenters. The highest BCUT2D eigenvalue weighted by Crippen LogP contribution is 2.34. The number of methoxy groups -OCH3 is 1. The second kappa shape index (κ2) is 8.09. The molecule has 9 heteroatoms. The average molecular weight is 387 g/mol. The van der Waals surface area contributed by atoms with Crippen LogP contribution < -0.4 is 10.6 Å². The second-order valence-corrected chi connectivity index (χ2v) is 5.54. The Balaban J connectivity index is 2.35. The third-order valence-corrected chi connectivity index (χ3v) is 3.69. The molecule has 0 heterocycles. The second-order valence-electron chi connectivity index (χ2n) is 5.14. The van der Waals surface area contributed by atoms with E-state index >= 15 is 0 Å². The largest absolute Gasteiger partial charge is 0.453 e. The number of anilines is 1. The molecule has 0 aliphatic heterocycles. The van der Waals surface area contributed by atoms with Gasteiger partial charge in [-0.05, 0) is 18.2 Å². The Kier molecular flexibility index (Phi) is 6.10. The molecule has 0 bridgehead atoms. The van der Waals surface area contributed by atoms with Crippen LogP contribution in [0.1, 0.15) is 15.9 Å². The smallest absolute Gasteiger partial charge is 0.416 e. The minimum Gasteiger partial charge on any atom is -0.453 e. The van der Waals surface area contributed by atoms with Gasteiger partial charge in [0.15, 0.2) is 6.17 Å². The molecule has 138 valence electrons. The van der Waals surface area contributed by atoms with E-state index in [-0.39, 0.29) is 16.3 Å². The van der Waals surface area contributed by atoms with Crippen molar-refractivity contribution >= 4 is 29.2 Å². The predicted octanol–water partition coefficient (Wildman–Crippen LogP) is 4.34. The van der Waals surface area contributed by atoms with Crippen LogP contribution in [0.5, 0.6) is 0 Å². The van der Waals surface area contributed by atoms with Gasteiger partial charge in [0, 0.05) is 5.56 Å². The third kappa shape index (κ3) is 4.89. The Morgan fingerprint density at radius 3 is 2.35 bits per heavy atom. The first-order valence-electron chi connectivity index (χ1n) is 7.29. The van der Waals surface area contributed by atoms with Crippen molar-refractivity contribution in [1.29, 1.82) is 0 Å². The van der Waals surface area contributed by atoms with Gasteiger partial charge in [0.2, 0.25) is 5.78 Å². The minimum absolute atomic E-state index is 0.0458. The summed E-state index contributed by atoms with van der Waals surface area (Å²) in [5, 5.41) is 4.72. The lowest BCUT2D eigenvalue weighted by molar-refractivity contribution is -0.137. The van der Waals surface area contributed by atoms with Crippen molar-refractivity contribution in [3.63, 3.8) is 0 Å². The van der Waals surface area contributed by atoms with Crippen molar-refractivity contribution < 1.29 is 27.5 Å². The van der Waals surface area contributed by atoms with Gasteiger partial charge >= 0.3 is 12.3 Å². The van der Waals surface area contributed by atoms with Gasteiger partial charge in [0.05, 0.1) is 23.4 Å². The zero-order chi connectivity index (χ0) is 19.3. The number of Topliss-reactive ketones (excluding diaryl/α,β-unsaturated/α-hetero) is 1. The summed E-state index contributed by atoms with van der Waals surface area (Å²) in [6.07, 6.45) is -6.91. The van der Waals surface area contributed by atoms with Crippen molar-refractivity contribution in [3.8, 4) is 0 Å². The van der Waals surface area contributed by atoms with Gasteiger partial charge in [0.1, 0.15) is 0 Å². The first kappa shape index (κ1) is 19.6. The number of amides is 1. The van der Waals surface area contributed by atoms with Gasteiger partial charge < -0.3 is 10.1 Å². The molecule has 0 saturated carbocycles. The fourth-order valence-corrected chi connectivity index (χ4v) is 2.25. The first-order chi connectivity index (χ1) is 12.2. The number of hydrogen-bond acceptors (Lipinski definition) is 4. The number of halogens is 4. The molecule has 2 rings (SSSR count). The number of rotatable bonds is 5. The van der Waals surface area contributed by atoms with Gasteiger partial charge in [-0.2, -0.15) is 13.2 Å². The zero-order valence-electron chi connectivity index (χ0n) is 13.4. The molecule has 26 heavy (non-hydrogen) atoms. The number of hydrogen-bond donors (Lipinski definition) is 2. The molecule has 1 atom stereocenters. The van der Waals surface area contributed by atoms with E-state index in [9.17, 15) is 22.8 Å². The maximum absolute atomic E-state index is 12.9. The van der Waals surface area contributed by atoms with Crippen LogP contribution in [0.15, 0.2) is 48.5 Å². The Bertz CT molecular complexity index is 798.